The lowest BCUT2D eigenvalue weighted by atomic mass is 9.80. The summed E-state index contributed by atoms with van der Waals surface area (Å²) in [6.07, 6.45) is 13.2. The summed E-state index contributed by atoms with van der Waals surface area (Å²) in [6, 6.07) is 34.9. The first-order valence-corrected chi connectivity index (χ1v) is 15.4. The molecule has 2 aromatic heterocycles. The fraction of sp³-hybridized carbons (Fsp3) is 0.316. The van der Waals surface area contributed by atoms with Gasteiger partial charge in [0.05, 0.1) is 22.1 Å². The molecule has 0 saturated carbocycles. The van der Waals surface area contributed by atoms with Crippen molar-refractivity contribution in [1.29, 1.82) is 0 Å². The van der Waals surface area contributed by atoms with Gasteiger partial charge in [0, 0.05) is 27.5 Å². The fourth-order valence-corrected chi connectivity index (χ4v) is 6.59. The number of aromatic nitrogens is 2. The van der Waals surface area contributed by atoms with Crippen LogP contribution < -0.4 is 0 Å². The van der Waals surface area contributed by atoms with E-state index in [0.29, 0.717) is 0 Å². The van der Waals surface area contributed by atoms with Crippen LogP contribution in [0.4, 0.5) is 0 Å². The van der Waals surface area contributed by atoms with Crippen molar-refractivity contribution < 1.29 is 0 Å². The summed E-state index contributed by atoms with van der Waals surface area (Å²) in [7, 11) is 0. The maximum Gasteiger partial charge on any atom is 0.0712 e. The van der Waals surface area contributed by atoms with E-state index in [1.807, 2.05) is 0 Å². The maximum absolute atomic E-state index is 5.08. The van der Waals surface area contributed by atoms with Crippen molar-refractivity contribution in [1.82, 2.24) is 9.97 Å². The topological polar surface area (TPSA) is 25.8 Å². The Hall–Kier alpha value is -3.78. The highest BCUT2D eigenvalue weighted by Crippen LogP contribution is 2.43. The van der Waals surface area contributed by atoms with Gasteiger partial charge in [0.25, 0.3) is 0 Å². The third-order valence-electron chi connectivity index (χ3n) is 8.55. The number of unbranched alkanes of at least 4 members (excludes halogenated alkanes) is 8. The minimum absolute atomic E-state index is 0.250. The molecule has 202 valence electrons. The van der Waals surface area contributed by atoms with E-state index in [1.165, 1.54) is 90.5 Å². The van der Waals surface area contributed by atoms with Crippen molar-refractivity contribution in [3.63, 3.8) is 0 Å². The second kappa shape index (κ2) is 12.6. The molecular weight excluding hydrogens is 484 g/mol. The molecule has 0 N–H and O–H groups in total. The van der Waals surface area contributed by atoms with E-state index in [9.17, 15) is 0 Å². The van der Waals surface area contributed by atoms with Gasteiger partial charge in [-0.1, -0.05) is 138 Å². The first kappa shape index (κ1) is 26.4. The van der Waals surface area contributed by atoms with Gasteiger partial charge in [-0.05, 0) is 41.8 Å². The number of pyridine rings is 2. The molecule has 2 heteroatoms. The van der Waals surface area contributed by atoms with Gasteiger partial charge in [0.2, 0.25) is 0 Å². The normalized spacial score (nSPS) is 11.8. The number of hydrogen-bond donors (Lipinski definition) is 0. The summed E-state index contributed by atoms with van der Waals surface area (Å²) in [4.78, 5) is 10.2. The summed E-state index contributed by atoms with van der Waals surface area (Å²) in [5.41, 5.74) is 7.16. The molecule has 4 aromatic carbocycles. The predicted octanol–water partition coefficient (Wildman–Crippen LogP) is 11.1. The molecule has 0 unspecified atom stereocenters. The highest BCUT2D eigenvalue weighted by Gasteiger charge is 2.24. The zero-order valence-corrected chi connectivity index (χ0v) is 23.8. The molecule has 2 heterocycles. The van der Waals surface area contributed by atoms with E-state index >= 15 is 0 Å². The van der Waals surface area contributed by atoms with E-state index in [0.717, 1.165) is 28.5 Å². The lowest BCUT2D eigenvalue weighted by Crippen LogP contribution is -2.07. The highest BCUT2D eigenvalue weighted by molar-refractivity contribution is 6.03. The summed E-state index contributed by atoms with van der Waals surface area (Å²) < 4.78 is 0. The number of rotatable bonds is 12. The third kappa shape index (κ3) is 5.45. The van der Waals surface area contributed by atoms with Gasteiger partial charge in [-0.2, -0.15) is 0 Å². The smallest absolute Gasteiger partial charge is 0.0712 e. The van der Waals surface area contributed by atoms with E-state index in [4.69, 9.17) is 9.97 Å². The first-order chi connectivity index (χ1) is 19.8. The Labute approximate surface area is 238 Å². The van der Waals surface area contributed by atoms with Crippen LogP contribution in [0.25, 0.3) is 43.6 Å². The number of nitrogens with zero attached hydrogens (tertiary/aromatic N) is 2. The minimum Gasteiger partial charge on any atom is -0.248 e. The van der Waals surface area contributed by atoms with E-state index in [-0.39, 0.29) is 5.92 Å². The molecular formula is C38H40N2. The van der Waals surface area contributed by atoms with Crippen LogP contribution in [0.3, 0.4) is 0 Å². The SMILES string of the molecule is CCCCCCCCCCCC(c1c2ccccc2nc2ccccc12)c1c2ccccc2nc2ccccc12. The average Bonchev–Trinajstić information content (AvgIpc) is 3.00. The van der Waals surface area contributed by atoms with Crippen molar-refractivity contribution >= 4 is 43.6 Å². The molecule has 0 aliphatic rings. The lowest BCUT2D eigenvalue weighted by Gasteiger charge is -2.25. The molecule has 0 amide bonds. The Morgan fingerprint density at radius 3 is 1.12 bits per heavy atom. The molecule has 0 saturated heterocycles. The monoisotopic (exact) mass is 524 g/mol. The molecule has 6 aromatic rings. The molecule has 0 fully saturated rings. The zero-order chi connectivity index (χ0) is 27.1. The Morgan fingerprint density at radius 1 is 0.425 bits per heavy atom. The van der Waals surface area contributed by atoms with Crippen LogP contribution in [0.5, 0.6) is 0 Å². The second-order valence-electron chi connectivity index (χ2n) is 11.3. The van der Waals surface area contributed by atoms with Gasteiger partial charge in [-0.15, -0.1) is 0 Å². The summed E-state index contributed by atoms with van der Waals surface area (Å²) in [5, 5.41) is 5.08. The van der Waals surface area contributed by atoms with Crippen LogP contribution in [0.2, 0.25) is 0 Å². The van der Waals surface area contributed by atoms with E-state index < -0.39 is 0 Å². The molecule has 40 heavy (non-hydrogen) atoms. The average molecular weight is 525 g/mol. The predicted molar refractivity (Wildman–Crippen MR) is 172 cm³/mol. The first-order valence-electron chi connectivity index (χ1n) is 15.4. The Balaban J connectivity index is 1.46. The van der Waals surface area contributed by atoms with Crippen molar-refractivity contribution in [3.05, 3.63) is 108 Å². The van der Waals surface area contributed by atoms with Crippen LogP contribution >= 0.6 is 0 Å². The van der Waals surface area contributed by atoms with Crippen LogP contribution in [0, 0.1) is 0 Å². The largest absolute Gasteiger partial charge is 0.248 e. The van der Waals surface area contributed by atoms with Crippen LogP contribution in [-0.2, 0) is 0 Å². The number of para-hydroxylation sites is 4. The molecule has 0 aliphatic heterocycles. The summed E-state index contributed by atoms with van der Waals surface area (Å²) in [5.74, 6) is 0.250. The van der Waals surface area contributed by atoms with E-state index in [2.05, 4.69) is 104 Å². The fourth-order valence-electron chi connectivity index (χ4n) is 6.59. The van der Waals surface area contributed by atoms with Crippen molar-refractivity contribution in [2.45, 2.75) is 77.0 Å². The molecule has 0 bridgehead atoms. The Morgan fingerprint density at radius 2 is 0.750 bits per heavy atom. The molecule has 6 rings (SSSR count). The summed E-state index contributed by atoms with van der Waals surface area (Å²) in [6.45, 7) is 2.29. The molecule has 0 radical (unpaired) electrons. The Kier molecular flexibility index (Phi) is 8.33. The molecule has 2 nitrogen and oxygen atoms in total. The Bertz CT molecular complexity index is 1510. The van der Waals surface area contributed by atoms with Crippen molar-refractivity contribution in [2.24, 2.45) is 0 Å². The van der Waals surface area contributed by atoms with Gasteiger partial charge < -0.3 is 0 Å². The van der Waals surface area contributed by atoms with Crippen LogP contribution in [0.1, 0.15) is 88.2 Å². The second-order valence-corrected chi connectivity index (χ2v) is 11.3. The number of hydrogen-bond acceptors (Lipinski definition) is 2. The van der Waals surface area contributed by atoms with Crippen LogP contribution in [-0.4, -0.2) is 9.97 Å². The number of fused-ring (bicyclic) bond motifs is 4. The molecule has 0 atom stereocenters. The zero-order valence-electron chi connectivity index (χ0n) is 23.8. The van der Waals surface area contributed by atoms with Gasteiger partial charge >= 0.3 is 0 Å². The van der Waals surface area contributed by atoms with Gasteiger partial charge in [-0.25, -0.2) is 9.97 Å². The molecule has 0 spiro atoms. The van der Waals surface area contributed by atoms with E-state index in [1.54, 1.807) is 0 Å². The summed E-state index contributed by atoms with van der Waals surface area (Å²) >= 11 is 0. The quantitative estimate of drug-likeness (QED) is 0.117. The third-order valence-corrected chi connectivity index (χ3v) is 8.55. The van der Waals surface area contributed by atoms with Crippen molar-refractivity contribution in [2.75, 3.05) is 0 Å². The minimum atomic E-state index is 0.250. The van der Waals surface area contributed by atoms with Gasteiger partial charge in [0.15, 0.2) is 0 Å². The standard InChI is InChI=1S/C38H40N2/c1-2-3-4-5-6-7-8-9-10-23-32(37-28-19-11-15-24-33(28)39-34-25-16-12-20-29(34)37)38-30-21-13-17-26-35(30)40-36-27-18-14-22-31(36)38/h11-22,24-27,32H,2-10,23H2,1H3. The molecule has 0 aliphatic carbocycles. The van der Waals surface area contributed by atoms with Crippen LogP contribution in [0.15, 0.2) is 97.1 Å². The van der Waals surface area contributed by atoms with Gasteiger partial charge in [0.1, 0.15) is 0 Å². The van der Waals surface area contributed by atoms with Gasteiger partial charge in [-0.3, -0.25) is 0 Å². The highest BCUT2D eigenvalue weighted by atomic mass is 14.7. The maximum atomic E-state index is 5.08. The van der Waals surface area contributed by atoms with Crippen molar-refractivity contribution in [3.8, 4) is 0 Å². The lowest BCUT2D eigenvalue weighted by molar-refractivity contribution is 0.547. The number of benzene rings is 4.